The predicted octanol–water partition coefficient (Wildman–Crippen LogP) is 4.23. The summed E-state index contributed by atoms with van der Waals surface area (Å²) in [7, 11) is 1.65. The number of nitrogens with zero attached hydrogens (tertiary/aromatic N) is 3. The van der Waals surface area contributed by atoms with Gasteiger partial charge in [-0.2, -0.15) is 0 Å². The van der Waals surface area contributed by atoms with Gasteiger partial charge in [0.25, 0.3) is 0 Å². The summed E-state index contributed by atoms with van der Waals surface area (Å²) in [4.78, 5) is 0. The Labute approximate surface area is 164 Å². The normalized spacial score (nSPS) is 10.6. The summed E-state index contributed by atoms with van der Waals surface area (Å²) in [5.74, 6) is 3.38. The molecule has 0 radical (unpaired) electrons. The molecule has 3 aromatic rings. The minimum atomic E-state index is 0.589. The van der Waals surface area contributed by atoms with Crippen molar-refractivity contribution in [2.24, 2.45) is 0 Å². The number of thioether (sulfide) groups is 1. The fourth-order valence-corrected chi connectivity index (χ4v) is 3.40. The largest absolute Gasteiger partial charge is 0.497 e. The van der Waals surface area contributed by atoms with Gasteiger partial charge in [-0.3, -0.25) is 0 Å². The predicted molar refractivity (Wildman–Crippen MR) is 109 cm³/mol. The van der Waals surface area contributed by atoms with Gasteiger partial charge in [0.2, 0.25) is 0 Å². The van der Waals surface area contributed by atoms with Gasteiger partial charge in [0.05, 0.1) is 13.7 Å². The van der Waals surface area contributed by atoms with Crippen LogP contribution < -0.4 is 9.47 Å². The average molecular weight is 382 g/mol. The Balaban J connectivity index is 1.56. The fourth-order valence-electron chi connectivity index (χ4n) is 2.61. The van der Waals surface area contributed by atoms with Crippen molar-refractivity contribution < 1.29 is 9.47 Å². The molecule has 1 heterocycles. The van der Waals surface area contributed by atoms with E-state index in [0.717, 1.165) is 34.7 Å². The molecule has 6 heteroatoms. The molecule has 0 unspecified atom stereocenters. The number of rotatable bonds is 10. The maximum Gasteiger partial charge on any atom is 0.191 e. The van der Waals surface area contributed by atoms with E-state index < -0.39 is 0 Å². The van der Waals surface area contributed by atoms with Crippen molar-refractivity contribution in [3.05, 3.63) is 78.6 Å². The molecule has 0 aliphatic rings. The molecule has 0 fully saturated rings. The molecule has 0 bridgehead atoms. The Kier molecular flexibility index (Phi) is 6.93. The summed E-state index contributed by atoms with van der Waals surface area (Å²) in [5.41, 5.74) is 1.22. The van der Waals surface area contributed by atoms with Crippen molar-refractivity contribution in [2.75, 3.05) is 19.5 Å². The topological polar surface area (TPSA) is 49.2 Å². The summed E-state index contributed by atoms with van der Waals surface area (Å²) in [6, 6.07) is 17.9. The minimum Gasteiger partial charge on any atom is -0.497 e. The van der Waals surface area contributed by atoms with Crippen molar-refractivity contribution in [3.8, 4) is 11.5 Å². The van der Waals surface area contributed by atoms with Gasteiger partial charge in [0.1, 0.15) is 17.3 Å². The van der Waals surface area contributed by atoms with Crippen molar-refractivity contribution in [2.45, 2.75) is 18.1 Å². The standard InChI is InChI=1S/C21H23N3O2S/c1-3-13-24-20(16-17-7-5-4-6-8-17)22-23-21(24)27-15-14-26-19-11-9-18(25-2)10-12-19/h3-12H,1,13-16H2,2H3. The lowest BCUT2D eigenvalue weighted by Crippen LogP contribution is -2.06. The van der Waals surface area contributed by atoms with Gasteiger partial charge in [-0.15, -0.1) is 16.8 Å². The van der Waals surface area contributed by atoms with Crippen LogP contribution in [-0.4, -0.2) is 34.2 Å². The summed E-state index contributed by atoms with van der Waals surface area (Å²) >= 11 is 1.64. The van der Waals surface area contributed by atoms with E-state index in [0.29, 0.717) is 13.2 Å². The highest BCUT2D eigenvalue weighted by Crippen LogP contribution is 2.20. The lowest BCUT2D eigenvalue weighted by atomic mass is 10.1. The summed E-state index contributed by atoms with van der Waals surface area (Å²) in [5, 5.41) is 9.62. The first-order valence-corrected chi connectivity index (χ1v) is 9.75. The lowest BCUT2D eigenvalue weighted by molar-refractivity contribution is 0.342. The molecular weight excluding hydrogens is 358 g/mol. The van der Waals surface area contributed by atoms with E-state index >= 15 is 0 Å². The molecular formula is C21H23N3O2S. The van der Waals surface area contributed by atoms with Crippen molar-refractivity contribution >= 4 is 11.8 Å². The molecule has 0 amide bonds. The van der Waals surface area contributed by atoms with E-state index in [2.05, 4.69) is 33.5 Å². The van der Waals surface area contributed by atoms with E-state index in [4.69, 9.17) is 9.47 Å². The first-order valence-electron chi connectivity index (χ1n) is 8.76. The zero-order valence-electron chi connectivity index (χ0n) is 15.4. The maximum atomic E-state index is 5.78. The Bertz CT molecular complexity index is 848. The molecule has 2 aromatic carbocycles. The highest BCUT2D eigenvalue weighted by molar-refractivity contribution is 7.99. The van der Waals surface area contributed by atoms with E-state index in [1.165, 1.54) is 5.56 Å². The van der Waals surface area contributed by atoms with Crippen molar-refractivity contribution in [1.82, 2.24) is 14.8 Å². The summed E-state index contributed by atoms with van der Waals surface area (Å²) < 4.78 is 13.0. The number of allylic oxidation sites excluding steroid dienone is 1. The molecule has 27 heavy (non-hydrogen) atoms. The minimum absolute atomic E-state index is 0.589. The summed E-state index contributed by atoms with van der Waals surface area (Å²) in [6.45, 7) is 5.14. The smallest absolute Gasteiger partial charge is 0.191 e. The Morgan fingerprint density at radius 1 is 1.04 bits per heavy atom. The fraction of sp³-hybridized carbons (Fsp3) is 0.238. The molecule has 0 N–H and O–H groups in total. The van der Waals surface area contributed by atoms with Gasteiger partial charge >= 0.3 is 0 Å². The lowest BCUT2D eigenvalue weighted by Gasteiger charge is -2.09. The number of benzene rings is 2. The van der Waals surface area contributed by atoms with Crippen LogP contribution in [0.25, 0.3) is 0 Å². The van der Waals surface area contributed by atoms with Gasteiger partial charge in [0, 0.05) is 18.7 Å². The molecule has 0 atom stereocenters. The van der Waals surface area contributed by atoms with Crippen LogP contribution in [0.15, 0.2) is 72.4 Å². The van der Waals surface area contributed by atoms with Gasteiger partial charge in [0.15, 0.2) is 5.16 Å². The third-order valence-electron chi connectivity index (χ3n) is 3.95. The molecule has 140 valence electrons. The summed E-state index contributed by atoms with van der Waals surface area (Å²) in [6.07, 6.45) is 2.63. The van der Waals surface area contributed by atoms with Crippen LogP contribution >= 0.6 is 11.8 Å². The number of methoxy groups -OCH3 is 1. The zero-order chi connectivity index (χ0) is 18.9. The average Bonchev–Trinajstić information content (AvgIpc) is 3.08. The van der Waals surface area contributed by atoms with Crippen LogP contribution in [0, 0.1) is 0 Å². The monoisotopic (exact) mass is 381 g/mol. The molecule has 0 spiro atoms. The van der Waals surface area contributed by atoms with Gasteiger partial charge in [-0.1, -0.05) is 48.2 Å². The van der Waals surface area contributed by atoms with Crippen LogP contribution in [0.5, 0.6) is 11.5 Å². The molecule has 0 aliphatic heterocycles. The Hall–Kier alpha value is -2.73. The van der Waals surface area contributed by atoms with Crippen LogP contribution in [0.3, 0.4) is 0 Å². The van der Waals surface area contributed by atoms with E-state index in [9.17, 15) is 0 Å². The third kappa shape index (κ3) is 5.37. The Morgan fingerprint density at radius 3 is 2.48 bits per heavy atom. The molecule has 1 aromatic heterocycles. The van der Waals surface area contributed by atoms with Crippen molar-refractivity contribution in [3.63, 3.8) is 0 Å². The van der Waals surface area contributed by atoms with Gasteiger partial charge in [-0.25, -0.2) is 0 Å². The van der Waals surface area contributed by atoms with Gasteiger partial charge in [-0.05, 0) is 29.8 Å². The molecule has 0 saturated carbocycles. The second-order valence-corrected chi connectivity index (χ2v) is 6.89. The number of aromatic nitrogens is 3. The molecule has 5 nitrogen and oxygen atoms in total. The first kappa shape index (κ1) is 19.0. The maximum absolute atomic E-state index is 5.78. The SMILES string of the molecule is C=CCn1c(Cc2ccccc2)nnc1SCCOc1ccc(OC)cc1. The number of hydrogen-bond donors (Lipinski definition) is 0. The highest BCUT2D eigenvalue weighted by Gasteiger charge is 2.12. The highest BCUT2D eigenvalue weighted by atomic mass is 32.2. The van der Waals surface area contributed by atoms with E-state index in [1.54, 1.807) is 18.9 Å². The molecule has 0 aliphatic carbocycles. The second-order valence-electron chi connectivity index (χ2n) is 5.83. The van der Waals surface area contributed by atoms with Crippen LogP contribution in [0.1, 0.15) is 11.4 Å². The second kappa shape index (κ2) is 9.83. The van der Waals surface area contributed by atoms with Crippen molar-refractivity contribution in [1.29, 1.82) is 0 Å². The zero-order valence-corrected chi connectivity index (χ0v) is 16.2. The van der Waals surface area contributed by atoms with Crippen LogP contribution in [0.2, 0.25) is 0 Å². The van der Waals surface area contributed by atoms with Gasteiger partial charge < -0.3 is 14.0 Å². The quantitative estimate of drug-likeness (QED) is 0.299. The number of hydrogen-bond acceptors (Lipinski definition) is 5. The third-order valence-corrected chi connectivity index (χ3v) is 4.88. The Morgan fingerprint density at radius 2 is 1.78 bits per heavy atom. The van der Waals surface area contributed by atoms with E-state index in [1.807, 2.05) is 48.5 Å². The number of ether oxygens (including phenoxy) is 2. The molecule has 3 rings (SSSR count). The first-order chi connectivity index (χ1) is 13.3. The van der Waals surface area contributed by atoms with Crippen LogP contribution in [-0.2, 0) is 13.0 Å². The molecule has 0 saturated heterocycles. The van der Waals surface area contributed by atoms with Crippen LogP contribution in [0.4, 0.5) is 0 Å². The van der Waals surface area contributed by atoms with E-state index in [-0.39, 0.29) is 0 Å².